The molecular formula is C24H24FN5O6. The number of hydrogen-bond acceptors (Lipinski definition) is 6. The van der Waals surface area contributed by atoms with Crippen LogP contribution in [0.4, 0.5) is 19.7 Å². The lowest BCUT2D eigenvalue weighted by molar-refractivity contribution is -0.140. The zero-order valence-corrected chi connectivity index (χ0v) is 19.4. The van der Waals surface area contributed by atoms with Crippen LogP contribution in [0.3, 0.4) is 0 Å². The third kappa shape index (κ3) is 4.04. The van der Waals surface area contributed by atoms with Gasteiger partial charge in [-0.15, -0.1) is 0 Å². The monoisotopic (exact) mass is 497 g/mol. The van der Waals surface area contributed by atoms with Gasteiger partial charge in [0.05, 0.1) is 13.2 Å². The van der Waals surface area contributed by atoms with Crippen molar-refractivity contribution in [3.63, 3.8) is 0 Å². The number of ether oxygens (including phenoxy) is 2. The number of rotatable bonds is 3. The molecule has 6 amide bonds. The summed E-state index contributed by atoms with van der Waals surface area (Å²) in [6.07, 6.45) is 0.182. The first-order valence-electron chi connectivity index (χ1n) is 11.4. The van der Waals surface area contributed by atoms with E-state index in [-0.39, 0.29) is 32.7 Å². The molecule has 3 aliphatic heterocycles. The summed E-state index contributed by atoms with van der Waals surface area (Å²) < 4.78 is 25.0. The molecule has 0 saturated carbocycles. The number of amides is 6. The van der Waals surface area contributed by atoms with Gasteiger partial charge in [0.2, 0.25) is 5.91 Å². The number of carbonyl (C=O) groups excluding carboxylic acids is 4. The van der Waals surface area contributed by atoms with Crippen LogP contribution in [0.25, 0.3) is 0 Å². The Hall–Kier alpha value is -4.35. The molecule has 2 aromatic carbocycles. The van der Waals surface area contributed by atoms with Crippen LogP contribution in [-0.2, 0) is 21.7 Å². The smallest absolute Gasteiger partial charge is 0.325 e. The zero-order chi connectivity index (χ0) is 25.4. The minimum Gasteiger partial charge on any atom is -0.493 e. The van der Waals surface area contributed by atoms with Crippen LogP contribution in [0.2, 0.25) is 0 Å². The van der Waals surface area contributed by atoms with Crippen molar-refractivity contribution < 1.29 is 33.0 Å². The van der Waals surface area contributed by atoms with Crippen LogP contribution in [0, 0.1) is 5.82 Å². The van der Waals surface area contributed by atoms with Crippen LogP contribution in [0.15, 0.2) is 36.4 Å². The van der Waals surface area contributed by atoms with Gasteiger partial charge in [0.15, 0.2) is 5.54 Å². The van der Waals surface area contributed by atoms with Crippen LogP contribution in [-0.4, -0.2) is 67.0 Å². The Morgan fingerprint density at radius 2 is 1.92 bits per heavy atom. The van der Waals surface area contributed by atoms with Gasteiger partial charge in [0.25, 0.3) is 5.91 Å². The van der Waals surface area contributed by atoms with E-state index in [0.29, 0.717) is 28.3 Å². The van der Waals surface area contributed by atoms with E-state index >= 15 is 0 Å². The minimum absolute atomic E-state index is 0.0957. The second-order valence-corrected chi connectivity index (χ2v) is 8.66. The fourth-order valence-corrected chi connectivity index (χ4v) is 4.65. The number of imide groups is 1. The lowest BCUT2D eigenvalue weighted by atomic mass is 9.84. The number of urea groups is 2. The van der Waals surface area contributed by atoms with Gasteiger partial charge in [-0.05, 0) is 24.3 Å². The largest absolute Gasteiger partial charge is 0.493 e. The summed E-state index contributed by atoms with van der Waals surface area (Å²) in [5.41, 5.74) is 0.0221. The van der Waals surface area contributed by atoms with E-state index in [1.54, 1.807) is 18.2 Å². The Kier molecular flexibility index (Phi) is 5.86. The average molecular weight is 497 g/mol. The van der Waals surface area contributed by atoms with Crippen molar-refractivity contribution >= 4 is 29.6 Å². The topological polar surface area (TPSA) is 129 Å². The van der Waals surface area contributed by atoms with Gasteiger partial charge in [0, 0.05) is 42.9 Å². The highest BCUT2D eigenvalue weighted by atomic mass is 19.1. The third-order valence-electron chi connectivity index (χ3n) is 6.49. The molecule has 5 rings (SSSR count). The Bertz CT molecular complexity index is 1270. The molecule has 3 N–H and O–H groups in total. The molecule has 3 heterocycles. The second-order valence-electron chi connectivity index (χ2n) is 8.66. The van der Waals surface area contributed by atoms with E-state index in [4.69, 9.17) is 9.47 Å². The maximum atomic E-state index is 13.7. The molecule has 188 valence electrons. The summed E-state index contributed by atoms with van der Waals surface area (Å²) in [6.45, 7) is 0.200. The van der Waals surface area contributed by atoms with Gasteiger partial charge in [-0.25, -0.2) is 14.0 Å². The van der Waals surface area contributed by atoms with E-state index in [9.17, 15) is 23.6 Å². The first-order chi connectivity index (χ1) is 17.3. The highest BCUT2D eigenvalue weighted by Gasteiger charge is 2.55. The second kappa shape index (κ2) is 9.02. The van der Waals surface area contributed by atoms with Crippen molar-refractivity contribution in [1.82, 2.24) is 20.4 Å². The van der Waals surface area contributed by atoms with Crippen molar-refractivity contribution in [1.29, 1.82) is 0 Å². The maximum Gasteiger partial charge on any atom is 0.325 e. The van der Waals surface area contributed by atoms with Crippen LogP contribution >= 0.6 is 0 Å². The van der Waals surface area contributed by atoms with Crippen LogP contribution < -0.4 is 25.4 Å². The van der Waals surface area contributed by atoms with Crippen molar-refractivity contribution in [2.75, 3.05) is 38.7 Å². The molecule has 0 bridgehead atoms. The van der Waals surface area contributed by atoms with Gasteiger partial charge < -0.3 is 30.3 Å². The summed E-state index contributed by atoms with van der Waals surface area (Å²) in [5, 5.41) is 7.83. The Labute approximate surface area is 205 Å². The first kappa shape index (κ1) is 23.4. The van der Waals surface area contributed by atoms with Gasteiger partial charge >= 0.3 is 12.1 Å². The number of nitrogens with zero attached hydrogens (tertiary/aromatic N) is 2. The van der Waals surface area contributed by atoms with Crippen molar-refractivity contribution in [2.45, 2.75) is 18.5 Å². The molecule has 12 heteroatoms. The summed E-state index contributed by atoms with van der Waals surface area (Å²) in [7, 11) is 1.48. The summed E-state index contributed by atoms with van der Waals surface area (Å²) in [6, 6.07) is 7.78. The number of carbonyl (C=O) groups is 4. The SMILES string of the molecule is CNC(=O)Nc1ccc2c(c1)OCCC21NC(=O)N(CC(=O)N2CCOc3ccc(F)cc3C2)C1=O. The number of halogens is 1. The predicted octanol–water partition coefficient (Wildman–Crippen LogP) is 1.53. The molecule has 1 spiro atoms. The molecule has 1 saturated heterocycles. The molecular weight excluding hydrogens is 473 g/mol. The summed E-state index contributed by atoms with van der Waals surface area (Å²) in [4.78, 5) is 53.5. The molecule has 0 radical (unpaired) electrons. The number of nitrogens with one attached hydrogen (secondary N) is 3. The highest BCUT2D eigenvalue weighted by Crippen LogP contribution is 2.42. The third-order valence-corrected chi connectivity index (χ3v) is 6.49. The van der Waals surface area contributed by atoms with Crippen molar-refractivity contribution in [2.24, 2.45) is 0 Å². The average Bonchev–Trinajstić information content (AvgIpc) is 3.00. The lowest BCUT2D eigenvalue weighted by Gasteiger charge is -2.33. The highest BCUT2D eigenvalue weighted by molar-refractivity contribution is 6.10. The van der Waals surface area contributed by atoms with Gasteiger partial charge in [0.1, 0.15) is 30.5 Å². The van der Waals surface area contributed by atoms with E-state index in [0.717, 1.165) is 4.90 Å². The van der Waals surface area contributed by atoms with Crippen LogP contribution in [0.1, 0.15) is 17.5 Å². The van der Waals surface area contributed by atoms with E-state index in [1.165, 1.54) is 30.1 Å². The fourth-order valence-electron chi connectivity index (χ4n) is 4.65. The predicted molar refractivity (Wildman–Crippen MR) is 124 cm³/mol. The molecule has 3 aliphatic rings. The molecule has 36 heavy (non-hydrogen) atoms. The number of fused-ring (bicyclic) bond motifs is 3. The van der Waals surface area contributed by atoms with Crippen molar-refractivity contribution in [3.05, 3.63) is 53.3 Å². The van der Waals surface area contributed by atoms with Gasteiger partial charge in [-0.2, -0.15) is 0 Å². The molecule has 2 aromatic rings. The molecule has 1 atom stereocenters. The van der Waals surface area contributed by atoms with Crippen LogP contribution in [0.5, 0.6) is 11.5 Å². The standard InChI is InChI=1S/C24H24FN5O6/c1-26-22(33)27-16-3-4-17-19(11-16)35-8-6-24(17)21(32)30(23(34)28-24)13-20(31)29-7-9-36-18-5-2-15(25)10-14(18)12-29/h2-5,10-11H,6-9,12-13H2,1H3,(H,28,34)(H2,26,27,33). The Morgan fingerprint density at radius 3 is 2.72 bits per heavy atom. The molecule has 0 aromatic heterocycles. The molecule has 1 unspecified atom stereocenters. The van der Waals surface area contributed by atoms with E-state index in [2.05, 4.69) is 16.0 Å². The number of anilines is 1. The number of hydrogen-bond donors (Lipinski definition) is 3. The first-order valence-corrected chi connectivity index (χ1v) is 11.4. The van der Waals surface area contributed by atoms with E-state index < -0.39 is 41.8 Å². The summed E-state index contributed by atoms with van der Waals surface area (Å²) >= 11 is 0. The quantitative estimate of drug-likeness (QED) is 0.552. The minimum atomic E-state index is -1.38. The maximum absolute atomic E-state index is 13.7. The van der Waals surface area contributed by atoms with Crippen molar-refractivity contribution in [3.8, 4) is 11.5 Å². The fraction of sp³-hybridized carbons (Fsp3) is 0.333. The Morgan fingerprint density at radius 1 is 1.11 bits per heavy atom. The molecule has 1 fully saturated rings. The summed E-state index contributed by atoms with van der Waals surface area (Å²) in [5.74, 6) is -0.636. The van der Waals surface area contributed by atoms with Gasteiger partial charge in [-0.1, -0.05) is 6.07 Å². The number of benzene rings is 2. The Balaban J connectivity index is 1.35. The normalized spacial score (nSPS) is 20.5. The lowest BCUT2D eigenvalue weighted by Crippen LogP contribution is -2.48. The molecule has 11 nitrogen and oxygen atoms in total. The van der Waals surface area contributed by atoms with E-state index in [1.807, 2.05) is 0 Å². The van der Waals surface area contributed by atoms with Gasteiger partial charge in [-0.3, -0.25) is 14.5 Å². The zero-order valence-electron chi connectivity index (χ0n) is 19.4. The molecule has 0 aliphatic carbocycles.